The number of anilines is 1. The van der Waals surface area contributed by atoms with Gasteiger partial charge in [0.2, 0.25) is 0 Å². The van der Waals surface area contributed by atoms with Crippen molar-refractivity contribution in [2.24, 2.45) is 0 Å². The molecule has 0 bridgehead atoms. The molecule has 3 rings (SSSR count). The first-order valence-electron chi connectivity index (χ1n) is 6.54. The van der Waals surface area contributed by atoms with Gasteiger partial charge in [-0.05, 0) is 63.7 Å². The van der Waals surface area contributed by atoms with Crippen molar-refractivity contribution in [2.75, 3.05) is 5.73 Å². The lowest BCUT2D eigenvalue weighted by Gasteiger charge is -2.25. The second-order valence-corrected chi connectivity index (χ2v) is 6.13. The molecule has 0 aliphatic heterocycles. The summed E-state index contributed by atoms with van der Waals surface area (Å²) in [6.45, 7) is 0. The molecule has 3 N–H and O–H groups in total. The Kier molecular flexibility index (Phi) is 3.30. The number of hydrogen-bond donors (Lipinski definition) is 2. The monoisotopic (exact) mass is 335 g/mol. The Morgan fingerprint density at radius 1 is 1.30 bits per heavy atom. The van der Waals surface area contributed by atoms with E-state index < -0.39 is 5.60 Å². The van der Waals surface area contributed by atoms with Crippen molar-refractivity contribution >= 4 is 21.6 Å². The molecule has 0 amide bonds. The number of benzene rings is 2. The maximum atomic E-state index is 13.6. The summed E-state index contributed by atoms with van der Waals surface area (Å²) in [5.41, 5.74) is 8.30. The molecule has 4 heteroatoms. The van der Waals surface area contributed by atoms with Crippen molar-refractivity contribution in [3.63, 3.8) is 0 Å². The highest BCUT2D eigenvalue weighted by Crippen LogP contribution is 2.41. The van der Waals surface area contributed by atoms with Gasteiger partial charge in [0.1, 0.15) is 5.82 Å². The van der Waals surface area contributed by atoms with E-state index in [-0.39, 0.29) is 5.82 Å². The van der Waals surface area contributed by atoms with Crippen LogP contribution in [0.4, 0.5) is 10.1 Å². The van der Waals surface area contributed by atoms with Gasteiger partial charge in [0, 0.05) is 12.1 Å². The van der Waals surface area contributed by atoms with E-state index in [1.54, 1.807) is 12.1 Å². The van der Waals surface area contributed by atoms with Crippen LogP contribution in [-0.2, 0) is 18.4 Å². The third-order valence-electron chi connectivity index (χ3n) is 3.95. The van der Waals surface area contributed by atoms with E-state index in [9.17, 15) is 9.50 Å². The smallest absolute Gasteiger partial charge is 0.137 e. The number of hydrogen-bond acceptors (Lipinski definition) is 2. The van der Waals surface area contributed by atoms with E-state index in [0.29, 0.717) is 23.0 Å². The van der Waals surface area contributed by atoms with E-state index in [1.165, 1.54) is 6.07 Å². The fourth-order valence-electron chi connectivity index (χ4n) is 2.93. The van der Waals surface area contributed by atoms with Crippen molar-refractivity contribution in [1.29, 1.82) is 0 Å². The third kappa shape index (κ3) is 2.23. The average Bonchev–Trinajstić information content (AvgIpc) is 2.72. The molecule has 1 aliphatic rings. The predicted octanol–water partition coefficient (Wildman–Crippen LogP) is 3.55. The second kappa shape index (κ2) is 4.86. The number of fused-ring (bicyclic) bond motifs is 1. The minimum Gasteiger partial charge on any atom is -0.399 e. The minimum absolute atomic E-state index is 0.304. The minimum atomic E-state index is -0.945. The zero-order valence-corrected chi connectivity index (χ0v) is 12.5. The van der Waals surface area contributed by atoms with Crippen molar-refractivity contribution in [2.45, 2.75) is 24.9 Å². The molecule has 0 saturated carbocycles. The van der Waals surface area contributed by atoms with Gasteiger partial charge in [0.05, 0.1) is 10.1 Å². The average molecular weight is 336 g/mol. The van der Waals surface area contributed by atoms with Crippen LogP contribution in [0, 0.1) is 5.82 Å². The summed E-state index contributed by atoms with van der Waals surface area (Å²) in [6, 6.07) is 10.5. The molecule has 2 nitrogen and oxygen atoms in total. The molecule has 1 atom stereocenters. The summed E-state index contributed by atoms with van der Waals surface area (Å²) in [5, 5.41) is 10.9. The van der Waals surface area contributed by atoms with Crippen LogP contribution < -0.4 is 5.73 Å². The Balaban J connectivity index is 1.98. The van der Waals surface area contributed by atoms with Crippen molar-refractivity contribution < 1.29 is 9.50 Å². The van der Waals surface area contributed by atoms with Crippen molar-refractivity contribution in [3.8, 4) is 0 Å². The molecule has 2 aromatic rings. The van der Waals surface area contributed by atoms with E-state index in [4.69, 9.17) is 5.73 Å². The van der Waals surface area contributed by atoms with Crippen LogP contribution in [0.2, 0.25) is 0 Å². The summed E-state index contributed by atoms with van der Waals surface area (Å²) < 4.78 is 14.0. The Morgan fingerprint density at radius 3 is 2.90 bits per heavy atom. The highest BCUT2D eigenvalue weighted by molar-refractivity contribution is 9.10. The summed E-state index contributed by atoms with van der Waals surface area (Å²) in [7, 11) is 0. The predicted molar refractivity (Wildman–Crippen MR) is 80.9 cm³/mol. The Bertz CT molecular complexity index is 674. The Hall–Kier alpha value is -1.39. The van der Waals surface area contributed by atoms with Crippen LogP contribution in [0.5, 0.6) is 0 Å². The number of nitrogen functional groups attached to an aromatic ring is 1. The number of aliphatic hydroxyl groups is 1. The molecule has 1 aliphatic carbocycles. The maximum absolute atomic E-state index is 13.6. The van der Waals surface area contributed by atoms with Crippen LogP contribution >= 0.6 is 15.9 Å². The van der Waals surface area contributed by atoms with Crippen molar-refractivity contribution in [1.82, 2.24) is 0 Å². The zero-order valence-electron chi connectivity index (χ0n) is 10.9. The lowest BCUT2D eigenvalue weighted by molar-refractivity contribution is 0.0387. The van der Waals surface area contributed by atoms with Gasteiger partial charge in [0.25, 0.3) is 0 Å². The molecular formula is C16H15BrFNO. The molecule has 20 heavy (non-hydrogen) atoms. The molecule has 0 aromatic heterocycles. The highest BCUT2D eigenvalue weighted by atomic mass is 79.9. The molecule has 0 saturated heterocycles. The third-order valence-corrected chi connectivity index (χ3v) is 4.84. The molecule has 1 unspecified atom stereocenters. The first-order chi connectivity index (χ1) is 9.49. The lowest BCUT2D eigenvalue weighted by atomic mass is 9.88. The standard InChI is InChI=1S/C16H15BrFNO/c17-15-11(2-1-3-14(15)18)9-16(20)7-6-10-8-12(19)4-5-13(10)16/h1-5,8,20H,6-7,9,19H2. The Morgan fingerprint density at radius 2 is 2.10 bits per heavy atom. The second-order valence-electron chi connectivity index (χ2n) is 5.34. The normalized spacial score (nSPS) is 20.9. The fourth-order valence-corrected chi connectivity index (χ4v) is 3.34. The molecular weight excluding hydrogens is 321 g/mol. The molecule has 0 spiro atoms. The maximum Gasteiger partial charge on any atom is 0.137 e. The Labute approximate surface area is 125 Å². The zero-order chi connectivity index (χ0) is 14.3. The first kappa shape index (κ1) is 13.6. The quantitative estimate of drug-likeness (QED) is 0.824. The van der Waals surface area contributed by atoms with E-state index in [1.807, 2.05) is 18.2 Å². The summed E-state index contributed by atoms with van der Waals surface area (Å²) in [5.74, 6) is -0.304. The first-order valence-corrected chi connectivity index (χ1v) is 7.33. The van der Waals surface area contributed by atoms with E-state index >= 15 is 0 Å². The summed E-state index contributed by atoms with van der Waals surface area (Å²) >= 11 is 3.26. The highest BCUT2D eigenvalue weighted by Gasteiger charge is 2.37. The van der Waals surface area contributed by atoms with Gasteiger partial charge in [-0.2, -0.15) is 0 Å². The van der Waals surface area contributed by atoms with Gasteiger partial charge in [-0.3, -0.25) is 0 Å². The largest absolute Gasteiger partial charge is 0.399 e. The lowest BCUT2D eigenvalue weighted by Crippen LogP contribution is -2.25. The van der Waals surface area contributed by atoms with Gasteiger partial charge < -0.3 is 10.8 Å². The number of rotatable bonds is 2. The van der Waals surface area contributed by atoms with Crippen LogP contribution in [0.25, 0.3) is 0 Å². The molecule has 0 heterocycles. The number of halogens is 2. The van der Waals surface area contributed by atoms with Gasteiger partial charge >= 0.3 is 0 Å². The number of aryl methyl sites for hydroxylation is 1. The fraction of sp³-hybridized carbons (Fsp3) is 0.250. The van der Waals surface area contributed by atoms with E-state index in [2.05, 4.69) is 15.9 Å². The van der Waals surface area contributed by atoms with Crippen LogP contribution in [-0.4, -0.2) is 5.11 Å². The van der Waals surface area contributed by atoms with Crippen LogP contribution in [0.15, 0.2) is 40.9 Å². The van der Waals surface area contributed by atoms with Crippen LogP contribution in [0.1, 0.15) is 23.1 Å². The van der Waals surface area contributed by atoms with E-state index in [0.717, 1.165) is 23.1 Å². The van der Waals surface area contributed by atoms with Crippen molar-refractivity contribution in [3.05, 3.63) is 63.4 Å². The molecule has 0 fully saturated rings. The van der Waals surface area contributed by atoms with Gasteiger partial charge in [-0.25, -0.2) is 4.39 Å². The molecule has 0 radical (unpaired) electrons. The summed E-state index contributed by atoms with van der Waals surface area (Å²) in [4.78, 5) is 0. The van der Waals surface area contributed by atoms with Crippen LogP contribution in [0.3, 0.4) is 0 Å². The summed E-state index contributed by atoms with van der Waals surface area (Å²) in [6.07, 6.45) is 1.82. The van der Waals surface area contributed by atoms with Gasteiger partial charge in [0.15, 0.2) is 0 Å². The topological polar surface area (TPSA) is 46.2 Å². The molecule has 104 valence electrons. The SMILES string of the molecule is Nc1ccc2c(c1)CCC2(O)Cc1cccc(F)c1Br. The van der Waals surface area contributed by atoms with Gasteiger partial charge in [-0.1, -0.05) is 18.2 Å². The van der Waals surface area contributed by atoms with Gasteiger partial charge in [-0.15, -0.1) is 0 Å². The number of nitrogens with two attached hydrogens (primary N) is 1. The molecule has 2 aromatic carbocycles.